The Morgan fingerprint density at radius 2 is 1.55 bits per heavy atom. The van der Waals surface area contributed by atoms with E-state index in [1.54, 1.807) is 24.3 Å². The first-order valence-corrected chi connectivity index (χ1v) is 13.0. The van der Waals surface area contributed by atoms with E-state index in [1.165, 1.54) is 42.5 Å². The van der Waals surface area contributed by atoms with Crippen molar-refractivity contribution in [3.63, 3.8) is 0 Å². The van der Waals surface area contributed by atoms with Crippen LogP contribution in [0.4, 0.5) is 18.9 Å². The number of sulfonamides is 1. The second-order valence-electron chi connectivity index (χ2n) is 7.80. The number of anilines is 1. The maximum Gasteiger partial charge on any atom is 0.261 e. The molecule has 0 saturated carbocycles. The van der Waals surface area contributed by atoms with Gasteiger partial charge in [-0.1, -0.05) is 35.3 Å². The van der Waals surface area contributed by atoms with Gasteiger partial charge in [-0.15, -0.1) is 0 Å². The summed E-state index contributed by atoms with van der Waals surface area (Å²) in [6.45, 7) is -0.695. The quantitative estimate of drug-likeness (QED) is 0.221. The molecular formula is C26H17Cl2F3N2O4S. The molecule has 0 saturated heterocycles. The van der Waals surface area contributed by atoms with Gasteiger partial charge in [-0.05, 0) is 66.7 Å². The zero-order valence-corrected chi connectivity index (χ0v) is 21.5. The predicted molar refractivity (Wildman–Crippen MR) is 138 cm³/mol. The lowest BCUT2D eigenvalue weighted by Crippen LogP contribution is -2.26. The first-order chi connectivity index (χ1) is 18.0. The van der Waals surface area contributed by atoms with Gasteiger partial charge in [-0.3, -0.25) is 9.52 Å². The number of halogens is 5. The predicted octanol–water partition coefficient (Wildman–Crippen LogP) is 6.93. The number of hydrogen-bond acceptors (Lipinski definition) is 4. The lowest BCUT2D eigenvalue weighted by molar-refractivity contribution is 0.0951. The molecule has 4 rings (SSSR count). The number of rotatable bonds is 8. The first-order valence-electron chi connectivity index (χ1n) is 10.8. The Labute approximate surface area is 226 Å². The molecule has 12 heteroatoms. The lowest BCUT2D eigenvalue weighted by atomic mass is 10.1. The third kappa shape index (κ3) is 6.21. The van der Waals surface area contributed by atoms with Crippen molar-refractivity contribution in [2.75, 3.05) is 4.72 Å². The number of hydrogen-bond donors (Lipinski definition) is 2. The maximum absolute atomic E-state index is 13.9. The van der Waals surface area contributed by atoms with Crippen molar-refractivity contribution >= 4 is 44.8 Å². The number of ether oxygens (including phenoxy) is 1. The van der Waals surface area contributed by atoms with E-state index in [2.05, 4.69) is 10.0 Å². The van der Waals surface area contributed by atoms with E-state index in [-0.39, 0.29) is 21.2 Å². The highest BCUT2D eigenvalue weighted by molar-refractivity contribution is 7.92. The van der Waals surface area contributed by atoms with Crippen molar-refractivity contribution < 1.29 is 31.1 Å². The van der Waals surface area contributed by atoms with Gasteiger partial charge in [0.2, 0.25) is 0 Å². The van der Waals surface area contributed by atoms with Gasteiger partial charge in [0.25, 0.3) is 15.9 Å². The summed E-state index contributed by atoms with van der Waals surface area (Å²) in [5.74, 6) is -3.97. The largest absolute Gasteiger partial charge is 0.456 e. The molecule has 196 valence electrons. The summed E-state index contributed by atoms with van der Waals surface area (Å²) in [6.07, 6.45) is 0. The average molecular weight is 581 g/mol. The van der Waals surface area contributed by atoms with Crippen LogP contribution >= 0.6 is 23.2 Å². The molecule has 0 bridgehead atoms. The van der Waals surface area contributed by atoms with E-state index in [1.807, 2.05) is 0 Å². The fraction of sp³-hybridized carbons (Fsp3) is 0.0385. The van der Waals surface area contributed by atoms with E-state index < -0.39 is 45.5 Å². The fourth-order valence-corrected chi connectivity index (χ4v) is 4.76. The molecule has 0 atom stereocenters. The molecule has 0 aliphatic heterocycles. The Balaban J connectivity index is 1.53. The van der Waals surface area contributed by atoms with Crippen molar-refractivity contribution in [1.29, 1.82) is 0 Å². The van der Waals surface area contributed by atoms with E-state index in [9.17, 15) is 26.4 Å². The highest BCUT2D eigenvalue weighted by Gasteiger charge is 2.21. The smallest absolute Gasteiger partial charge is 0.261 e. The monoisotopic (exact) mass is 580 g/mol. The molecule has 2 N–H and O–H groups in total. The van der Waals surface area contributed by atoms with Crippen molar-refractivity contribution in [2.24, 2.45) is 0 Å². The average Bonchev–Trinajstić information content (AvgIpc) is 2.89. The summed E-state index contributed by atoms with van der Waals surface area (Å²) in [5, 5.41) is 2.72. The number of carbonyl (C=O) groups excluding carboxylic acids is 1. The minimum Gasteiger partial charge on any atom is -0.456 e. The van der Waals surface area contributed by atoms with Crippen molar-refractivity contribution in [1.82, 2.24) is 5.32 Å². The van der Waals surface area contributed by atoms with Gasteiger partial charge in [0, 0.05) is 17.1 Å². The maximum atomic E-state index is 13.9. The third-order valence-corrected chi connectivity index (χ3v) is 7.16. The Hall–Kier alpha value is -3.73. The molecule has 0 spiro atoms. The summed E-state index contributed by atoms with van der Waals surface area (Å²) in [5.41, 5.74) is -1.07. The molecule has 4 aromatic rings. The van der Waals surface area contributed by atoms with E-state index >= 15 is 0 Å². The van der Waals surface area contributed by atoms with Crippen molar-refractivity contribution in [3.05, 3.63) is 117 Å². The Bertz CT molecular complexity index is 1620. The van der Waals surface area contributed by atoms with Crippen LogP contribution < -0.4 is 14.8 Å². The highest BCUT2D eigenvalue weighted by atomic mass is 35.5. The van der Waals surface area contributed by atoms with Crippen LogP contribution in [-0.2, 0) is 16.6 Å². The molecule has 6 nitrogen and oxygen atoms in total. The Morgan fingerprint density at radius 1 is 0.868 bits per heavy atom. The molecule has 0 aromatic heterocycles. The fourth-order valence-electron chi connectivity index (χ4n) is 3.33. The van der Waals surface area contributed by atoms with Gasteiger partial charge in [0.15, 0.2) is 11.6 Å². The first kappa shape index (κ1) is 27.3. The minimum absolute atomic E-state index is 0.0993. The summed E-state index contributed by atoms with van der Waals surface area (Å²) < 4.78 is 75.3. The molecule has 0 fully saturated rings. The molecule has 1 amide bonds. The molecule has 0 aliphatic rings. The second kappa shape index (κ2) is 11.3. The van der Waals surface area contributed by atoms with Gasteiger partial charge in [0.1, 0.15) is 17.3 Å². The summed E-state index contributed by atoms with van der Waals surface area (Å²) in [7, 11) is -4.19. The lowest BCUT2D eigenvalue weighted by Gasteiger charge is -2.14. The summed E-state index contributed by atoms with van der Waals surface area (Å²) in [4.78, 5) is 12.7. The molecular weight excluding hydrogens is 564 g/mol. The van der Waals surface area contributed by atoms with E-state index in [0.717, 1.165) is 6.07 Å². The molecule has 4 aromatic carbocycles. The van der Waals surface area contributed by atoms with Crippen molar-refractivity contribution in [2.45, 2.75) is 11.4 Å². The molecule has 0 heterocycles. The zero-order chi connectivity index (χ0) is 27.4. The van der Waals surface area contributed by atoms with Gasteiger partial charge in [-0.25, -0.2) is 21.6 Å². The van der Waals surface area contributed by atoms with Crippen LogP contribution in [-0.4, -0.2) is 14.3 Å². The number of benzene rings is 4. The molecule has 38 heavy (non-hydrogen) atoms. The van der Waals surface area contributed by atoms with E-state index in [0.29, 0.717) is 22.6 Å². The topological polar surface area (TPSA) is 84.5 Å². The zero-order valence-electron chi connectivity index (χ0n) is 19.1. The minimum atomic E-state index is -4.19. The normalized spacial score (nSPS) is 11.2. The van der Waals surface area contributed by atoms with Crippen LogP contribution in [0.15, 0.2) is 83.8 Å². The Morgan fingerprint density at radius 3 is 2.26 bits per heavy atom. The summed E-state index contributed by atoms with van der Waals surface area (Å²) in [6, 6.07) is 17.3. The molecule has 0 unspecified atom stereocenters. The highest BCUT2D eigenvalue weighted by Crippen LogP contribution is 2.30. The van der Waals surface area contributed by atoms with Crippen LogP contribution in [0, 0.1) is 17.5 Å². The third-order valence-electron chi connectivity index (χ3n) is 5.23. The van der Waals surface area contributed by atoms with Gasteiger partial charge >= 0.3 is 0 Å². The van der Waals surface area contributed by atoms with Crippen LogP contribution in [0.2, 0.25) is 10.0 Å². The number of nitrogens with one attached hydrogen (secondary N) is 2. The molecule has 0 radical (unpaired) electrons. The number of carbonyl (C=O) groups is 1. The van der Waals surface area contributed by atoms with Gasteiger partial charge < -0.3 is 10.1 Å². The van der Waals surface area contributed by atoms with E-state index in [4.69, 9.17) is 27.9 Å². The van der Waals surface area contributed by atoms with Crippen LogP contribution in [0.3, 0.4) is 0 Å². The molecule has 0 aliphatic carbocycles. The number of amides is 1. The van der Waals surface area contributed by atoms with Gasteiger partial charge in [0.05, 0.1) is 21.2 Å². The SMILES string of the molecule is O=C(NCc1c(F)ccc(F)c1F)c1cc(Cl)ccc1NS(=O)(=O)c1ccc(Oc2ccccc2Cl)cc1. The van der Waals surface area contributed by atoms with Gasteiger partial charge in [-0.2, -0.15) is 0 Å². The van der Waals surface area contributed by atoms with Crippen LogP contribution in [0.1, 0.15) is 15.9 Å². The standard InChI is InChI=1S/C26H17Cl2F3N2O4S/c27-15-5-12-23(18(13-15)26(34)32-14-19-21(29)10-11-22(30)25(19)31)33-38(35,36)17-8-6-16(7-9-17)37-24-4-2-1-3-20(24)28/h1-13,33H,14H2,(H,32,34). The second-order valence-corrected chi connectivity index (χ2v) is 10.3. The van der Waals surface area contributed by atoms with Crippen LogP contribution in [0.25, 0.3) is 0 Å². The summed E-state index contributed by atoms with van der Waals surface area (Å²) >= 11 is 12.1. The van der Waals surface area contributed by atoms with Crippen molar-refractivity contribution in [3.8, 4) is 11.5 Å². The van der Waals surface area contributed by atoms with Crippen LogP contribution in [0.5, 0.6) is 11.5 Å². The number of para-hydroxylation sites is 1. The Kier molecular flexibility index (Phi) is 8.15.